The normalized spacial score (nSPS) is 14.7. The fourth-order valence-electron chi connectivity index (χ4n) is 1.94. The summed E-state index contributed by atoms with van der Waals surface area (Å²) in [6.45, 7) is 0.650. The van der Waals surface area contributed by atoms with E-state index in [1.807, 2.05) is 18.2 Å². The molecule has 2 heterocycles. The zero-order chi connectivity index (χ0) is 13.9. The quantitative estimate of drug-likeness (QED) is 0.845. The smallest absolute Gasteiger partial charge is 0.388 e. The van der Waals surface area contributed by atoms with Crippen molar-refractivity contribution in [1.29, 1.82) is 0 Å². The molecule has 1 aromatic heterocycles. The summed E-state index contributed by atoms with van der Waals surface area (Å²) >= 11 is 1.70. The first-order chi connectivity index (χ1) is 9.74. The van der Waals surface area contributed by atoms with Gasteiger partial charge in [-0.25, -0.2) is 4.79 Å². The van der Waals surface area contributed by atoms with Crippen molar-refractivity contribution in [3.8, 4) is 11.5 Å². The maximum Gasteiger partial charge on any atom is 0.437 e. The van der Waals surface area contributed by atoms with E-state index in [0.29, 0.717) is 11.4 Å². The van der Waals surface area contributed by atoms with Gasteiger partial charge in [0.15, 0.2) is 0 Å². The van der Waals surface area contributed by atoms with E-state index in [9.17, 15) is 9.59 Å². The minimum Gasteiger partial charge on any atom is -0.388 e. The molecule has 0 spiro atoms. The van der Waals surface area contributed by atoms with Crippen LogP contribution in [0.5, 0.6) is 0 Å². The molecule has 1 amide bonds. The minimum atomic E-state index is -0.607. The fraction of sp³-hybridized carbons (Fsp3) is 0.308. The van der Waals surface area contributed by atoms with Crippen LogP contribution in [0.3, 0.4) is 0 Å². The number of rotatable bonds is 3. The predicted molar refractivity (Wildman–Crippen MR) is 75.2 cm³/mol. The topological polar surface area (TPSA) is 68.3 Å². The summed E-state index contributed by atoms with van der Waals surface area (Å²) in [6.07, 6.45) is 0. The molecule has 104 valence electrons. The molecule has 6 nitrogen and oxygen atoms in total. The molecule has 2 aromatic rings. The summed E-state index contributed by atoms with van der Waals surface area (Å²) in [4.78, 5) is 25.4. The molecule has 20 heavy (non-hydrogen) atoms. The Morgan fingerprint density at radius 2 is 2.15 bits per heavy atom. The maximum atomic E-state index is 12.0. The van der Waals surface area contributed by atoms with Gasteiger partial charge in [-0.3, -0.25) is 4.79 Å². The number of thioether (sulfide) groups is 1. The molecule has 7 heteroatoms. The van der Waals surface area contributed by atoms with Gasteiger partial charge in [0.05, 0.1) is 5.88 Å². The summed E-state index contributed by atoms with van der Waals surface area (Å²) in [5, 5.41) is 4.07. The molecule has 0 N–H and O–H groups in total. The zero-order valence-electron chi connectivity index (χ0n) is 10.7. The maximum absolute atomic E-state index is 12.0. The number of carbonyl (C=O) groups excluding carboxylic acids is 1. The largest absolute Gasteiger partial charge is 0.437 e. The molecule has 0 saturated carbocycles. The molecule has 1 aromatic carbocycles. The number of nitrogens with zero attached hydrogens (tertiary/aromatic N) is 3. The molecule has 0 atom stereocenters. The van der Waals surface area contributed by atoms with E-state index < -0.39 is 5.76 Å². The van der Waals surface area contributed by atoms with Crippen LogP contribution in [-0.2, 0) is 11.3 Å². The molecule has 0 unspecified atom stereocenters. The highest BCUT2D eigenvalue weighted by Crippen LogP contribution is 2.15. The highest BCUT2D eigenvalue weighted by molar-refractivity contribution is 7.99. The zero-order valence-corrected chi connectivity index (χ0v) is 11.5. The van der Waals surface area contributed by atoms with Crippen molar-refractivity contribution in [2.24, 2.45) is 0 Å². The van der Waals surface area contributed by atoms with Crippen LogP contribution in [0.4, 0.5) is 0 Å². The highest BCUT2D eigenvalue weighted by atomic mass is 32.2. The van der Waals surface area contributed by atoms with Gasteiger partial charge in [-0.15, -0.1) is 16.9 Å². The van der Waals surface area contributed by atoms with Crippen LogP contribution >= 0.6 is 11.8 Å². The Kier molecular flexibility index (Phi) is 3.60. The fourth-order valence-corrected chi connectivity index (χ4v) is 2.91. The molecule has 1 saturated heterocycles. The third-order valence-corrected chi connectivity index (χ3v) is 3.98. The Balaban J connectivity index is 1.79. The Bertz CT molecular complexity index is 659. The lowest BCUT2D eigenvalue weighted by atomic mass is 10.2. The third kappa shape index (κ3) is 2.62. The Morgan fingerprint density at radius 1 is 1.35 bits per heavy atom. The van der Waals surface area contributed by atoms with Crippen LogP contribution < -0.4 is 5.76 Å². The van der Waals surface area contributed by atoms with E-state index in [1.54, 1.807) is 28.8 Å². The van der Waals surface area contributed by atoms with Crippen LogP contribution in [0.1, 0.15) is 0 Å². The van der Waals surface area contributed by atoms with E-state index in [4.69, 9.17) is 4.42 Å². The number of hydrogen-bond donors (Lipinski definition) is 0. The van der Waals surface area contributed by atoms with E-state index in [1.165, 1.54) is 0 Å². The van der Waals surface area contributed by atoms with Crippen molar-refractivity contribution in [2.75, 3.05) is 18.2 Å². The summed E-state index contributed by atoms with van der Waals surface area (Å²) < 4.78 is 6.16. The van der Waals surface area contributed by atoms with Gasteiger partial charge in [0.2, 0.25) is 11.8 Å². The first-order valence-corrected chi connectivity index (χ1v) is 7.38. The first-order valence-electron chi connectivity index (χ1n) is 6.23. The van der Waals surface area contributed by atoms with Gasteiger partial charge in [-0.2, -0.15) is 4.68 Å². The van der Waals surface area contributed by atoms with Gasteiger partial charge in [0.25, 0.3) is 0 Å². The molecule has 1 aliphatic rings. The number of aromatic nitrogens is 2. The Morgan fingerprint density at radius 3 is 2.85 bits per heavy atom. The average molecular weight is 291 g/mol. The van der Waals surface area contributed by atoms with Gasteiger partial charge in [0.1, 0.15) is 6.54 Å². The van der Waals surface area contributed by atoms with E-state index >= 15 is 0 Å². The standard InChI is InChI=1S/C13H13N3O3S/c17-11(15-6-7-20-9-15)8-16-13(18)19-12(14-16)10-4-2-1-3-5-10/h1-5H,6-9H2. The molecule has 0 radical (unpaired) electrons. The van der Waals surface area contributed by atoms with Gasteiger partial charge < -0.3 is 9.32 Å². The van der Waals surface area contributed by atoms with Gasteiger partial charge >= 0.3 is 5.76 Å². The SMILES string of the molecule is O=C(Cn1nc(-c2ccccc2)oc1=O)N1CCSC1. The van der Waals surface area contributed by atoms with E-state index in [2.05, 4.69) is 5.10 Å². The van der Waals surface area contributed by atoms with Crippen molar-refractivity contribution in [3.63, 3.8) is 0 Å². The minimum absolute atomic E-state index is 0.0737. The van der Waals surface area contributed by atoms with Crippen molar-refractivity contribution in [1.82, 2.24) is 14.7 Å². The third-order valence-electron chi connectivity index (χ3n) is 3.02. The number of hydrogen-bond acceptors (Lipinski definition) is 5. The van der Waals surface area contributed by atoms with Gasteiger partial charge in [-0.1, -0.05) is 18.2 Å². The lowest BCUT2D eigenvalue weighted by Crippen LogP contribution is -2.34. The van der Waals surface area contributed by atoms with Crippen LogP contribution in [0.2, 0.25) is 0 Å². The molecule has 1 fully saturated rings. The van der Waals surface area contributed by atoms with Crippen LogP contribution in [-0.4, -0.2) is 38.8 Å². The number of amides is 1. The van der Waals surface area contributed by atoms with Crippen molar-refractivity contribution >= 4 is 17.7 Å². The average Bonchev–Trinajstić information content (AvgIpc) is 3.10. The first kappa shape index (κ1) is 13.0. The number of carbonyl (C=O) groups is 1. The summed E-state index contributed by atoms with van der Waals surface area (Å²) in [7, 11) is 0. The van der Waals surface area contributed by atoms with Gasteiger partial charge in [-0.05, 0) is 12.1 Å². The summed E-state index contributed by atoms with van der Waals surface area (Å²) in [6, 6.07) is 9.14. The molecule has 0 bridgehead atoms. The molecule has 1 aliphatic heterocycles. The second kappa shape index (κ2) is 5.54. The molecule has 3 rings (SSSR count). The van der Waals surface area contributed by atoms with Crippen molar-refractivity contribution in [2.45, 2.75) is 6.54 Å². The van der Waals surface area contributed by atoms with E-state index in [0.717, 1.165) is 17.0 Å². The Hall–Kier alpha value is -2.02. The lowest BCUT2D eigenvalue weighted by Gasteiger charge is -2.12. The summed E-state index contributed by atoms with van der Waals surface area (Å²) in [5.74, 6) is 1.14. The lowest BCUT2D eigenvalue weighted by molar-refractivity contribution is -0.130. The monoisotopic (exact) mass is 291 g/mol. The second-order valence-corrected chi connectivity index (χ2v) is 5.47. The highest BCUT2D eigenvalue weighted by Gasteiger charge is 2.20. The molecule has 0 aliphatic carbocycles. The van der Waals surface area contributed by atoms with Crippen molar-refractivity contribution in [3.05, 3.63) is 40.9 Å². The molecular weight excluding hydrogens is 278 g/mol. The molecular formula is C13H13N3O3S. The predicted octanol–water partition coefficient (Wildman–Crippen LogP) is 1.04. The summed E-state index contributed by atoms with van der Waals surface area (Å²) in [5.41, 5.74) is 0.715. The second-order valence-electron chi connectivity index (χ2n) is 4.39. The van der Waals surface area contributed by atoms with Crippen LogP contribution in [0.25, 0.3) is 11.5 Å². The van der Waals surface area contributed by atoms with Crippen LogP contribution in [0, 0.1) is 0 Å². The number of benzene rings is 1. The Labute approximate surface area is 119 Å². The van der Waals surface area contributed by atoms with Crippen LogP contribution in [0.15, 0.2) is 39.5 Å². The van der Waals surface area contributed by atoms with Crippen molar-refractivity contribution < 1.29 is 9.21 Å². The van der Waals surface area contributed by atoms with E-state index in [-0.39, 0.29) is 18.3 Å². The van der Waals surface area contributed by atoms with Gasteiger partial charge in [0, 0.05) is 17.9 Å².